The molecule has 0 saturated carbocycles. The van der Waals surface area contributed by atoms with E-state index in [1.807, 2.05) is 30.5 Å². The third-order valence-electron chi connectivity index (χ3n) is 5.55. The minimum Gasteiger partial charge on any atom is -0.481 e. The average Bonchev–Trinajstić information content (AvgIpc) is 3.29. The first-order chi connectivity index (χ1) is 16.5. The summed E-state index contributed by atoms with van der Waals surface area (Å²) in [6, 6.07) is 18.6. The maximum absolute atomic E-state index is 12.6. The Hall–Kier alpha value is -4.79. The quantitative estimate of drug-likeness (QED) is 0.354. The second kappa shape index (κ2) is 8.62. The van der Waals surface area contributed by atoms with Crippen molar-refractivity contribution >= 4 is 45.9 Å². The summed E-state index contributed by atoms with van der Waals surface area (Å²) in [5.41, 5.74) is 3.18. The smallest absolute Gasteiger partial charge is 0.336 e. The minimum atomic E-state index is -1.06. The van der Waals surface area contributed by atoms with Crippen molar-refractivity contribution in [2.45, 2.75) is 6.54 Å². The van der Waals surface area contributed by atoms with Gasteiger partial charge in [-0.15, -0.1) is 0 Å². The summed E-state index contributed by atoms with van der Waals surface area (Å²) in [6.45, 7) is -0.0970. The molecule has 0 atom stereocenters. The molecule has 0 unspecified atom stereocenters. The van der Waals surface area contributed by atoms with Gasteiger partial charge in [-0.1, -0.05) is 24.3 Å². The second-order valence-electron chi connectivity index (χ2n) is 7.77. The lowest BCUT2D eigenvalue weighted by Crippen LogP contribution is -2.38. The lowest BCUT2D eigenvalue weighted by atomic mass is 10.1. The third-order valence-corrected chi connectivity index (χ3v) is 5.55. The average molecular weight is 456 g/mol. The van der Waals surface area contributed by atoms with Gasteiger partial charge in [0, 0.05) is 29.2 Å². The zero-order valence-corrected chi connectivity index (χ0v) is 17.9. The van der Waals surface area contributed by atoms with Crippen molar-refractivity contribution in [2.75, 3.05) is 22.1 Å². The van der Waals surface area contributed by atoms with Gasteiger partial charge < -0.3 is 30.4 Å². The van der Waals surface area contributed by atoms with E-state index in [-0.39, 0.29) is 24.6 Å². The number of anilines is 3. The number of carboxylic acid groups (broad SMARTS) is 1. The fourth-order valence-electron chi connectivity index (χ4n) is 3.91. The summed E-state index contributed by atoms with van der Waals surface area (Å²) >= 11 is 0. The number of rotatable bonds is 5. The van der Waals surface area contributed by atoms with Crippen LogP contribution in [-0.2, 0) is 11.3 Å². The maximum Gasteiger partial charge on any atom is 0.336 e. The van der Waals surface area contributed by atoms with Crippen LogP contribution in [0.1, 0.15) is 15.9 Å². The molecule has 4 aromatic rings. The van der Waals surface area contributed by atoms with Crippen molar-refractivity contribution in [1.29, 1.82) is 0 Å². The highest BCUT2D eigenvalue weighted by atomic mass is 16.5. The van der Waals surface area contributed by atoms with Gasteiger partial charge in [-0.25, -0.2) is 9.59 Å². The number of aromatic nitrogens is 1. The molecule has 3 amide bonds. The predicted molar refractivity (Wildman–Crippen MR) is 127 cm³/mol. The number of aromatic carboxylic acids is 1. The summed E-state index contributed by atoms with van der Waals surface area (Å²) in [7, 11) is 0. The van der Waals surface area contributed by atoms with Crippen LogP contribution in [0.25, 0.3) is 10.9 Å². The molecule has 1 aromatic heterocycles. The number of hydrogen-bond acceptors (Lipinski definition) is 4. The SMILES string of the molecule is O=C(Nc1ccc2c(c1)OCC(=O)N2Cc1ccccc1C(=O)O)Nc1ccc2cc[nH]c2c1. The van der Waals surface area contributed by atoms with E-state index in [4.69, 9.17) is 4.74 Å². The fraction of sp³-hybridized carbons (Fsp3) is 0.0800. The van der Waals surface area contributed by atoms with Crippen molar-refractivity contribution in [3.63, 3.8) is 0 Å². The minimum absolute atomic E-state index is 0.0894. The van der Waals surface area contributed by atoms with Crippen molar-refractivity contribution in [1.82, 2.24) is 4.98 Å². The summed E-state index contributed by atoms with van der Waals surface area (Å²) in [6.07, 6.45) is 1.83. The number of carbonyl (C=O) groups is 3. The lowest BCUT2D eigenvalue weighted by molar-refractivity contribution is -0.121. The van der Waals surface area contributed by atoms with E-state index in [0.29, 0.717) is 28.4 Å². The Morgan fingerprint density at radius 3 is 2.59 bits per heavy atom. The zero-order valence-electron chi connectivity index (χ0n) is 17.9. The molecule has 170 valence electrons. The standard InChI is InChI=1S/C25H20N4O5/c30-23-14-34-22-12-18(28-25(33)27-17-6-5-15-9-10-26-20(15)11-17)7-8-21(22)29(23)13-16-3-1-2-4-19(16)24(31)32/h1-12,26H,13-14H2,(H,31,32)(H2,27,28,33). The van der Waals surface area contributed by atoms with Crippen molar-refractivity contribution in [2.24, 2.45) is 0 Å². The van der Waals surface area contributed by atoms with Crippen LogP contribution in [0.15, 0.2) is 72.9 Å². The molecule has 0 saturated heterocycles. The number of ether oxygens (including phenoxy) is 1. The Bertz CT molecular complexity index is 1430. The number of amides is 3. The van der Waals surface area contributed by atoms with Gasteiger partial charge in [0.05, 0.1) is 17.8 Å². The largest absolute Gasteiger partial charge is 0.481 e. The van der Waals surface area contributed by atoms with E-state index in [1.165, 1.54) is 11.0 Å². The highest BCUT2D eigenvalue weighted by Gasteiger charge is 2.27. The van der Waals surface area contributed by atoms with Gasteiger partial charge in [-0.3, -0.25) is 4.79 Å². The molecule has 34 heavy (non-hydrogen) atoms. The Morgan fingerprint density at radius 2 is 1.76 bits per heavy atom. The number of hydrogen-bond donors (Lipinski definition) is 4. The Morgan fingerprint density at radius 1 is 1.00 bits per heavy atom. The molecule has 0 aliphatic carbocycles. The van der Waals surface area contributed by atoms with Crippen LogP contribution in [0.3, 0.4) is 0 Å². The van der Waals surface area contributed by atoms with E-state index in [2.05, 4.69) is 15.6 Å². The first-order valence-electron chi connectivity index (χ1n) is 10.5. The number of H-pyrrole nitrogens is 1. The van der Waals surface area contributed by atoms with Gasteiger partial charge in [0.15, 0.2) is 6.61 Å². The van der Waals surface area contributed by atoms with Gasteiger partial charge in [0.1, 0.15) is 5.75 Å². The van der Waals surface area contributed by atoms with E-state index >= 15 is 0 Å². The van der Waals surface area contributed by atoms with E-state index < -0.39 is 12.0 Å². The summed E-state index contributed by atoms with van der Waals surface area (Å²) in [5.74, 6) is -0.929. The highest BCUT2D eigenvalue weighted by molar-refractivity contribution is 6.02. The van der Waals surface area contributed by atoms with Gasteiger partial charge in [-0.05, 0) is 47.3 Å². The number of carbonyl (C=O) groups excluding carboxylic acids is 2. The van der Waals surface area contributed by atoms with E-state index in [9.17, 15) is 19.5 Å². The number of aromatic amines is 1. The van der Waals surface area contributed by atoms with Crippen molar-refractivity contribution in [3.8, 4) is 5.75 Å². The molecular formula is C25H20N4O5. The van der Waals surface area contributed by atoms with Crippen LogP contribution < -0.4 is 20.3 Å². The van der Waals surface area contributed by atoms with Crippen molar-refractivity contribution < 1.29 is 24.2 Å². The Kier molecular flexibility index (Phi) is 5.35. The molecular weight excluding hydrogens is 436 g/mol. The number of fused-ring (bicyclic) bond motifs is 2. The molecule has 0 fully saturated rings. The molecule has 1 aliphatic rings. The van der Waals surface area contributed by atoms with Gasteiger partial charge >= 0.3 is 12.0 Å². The monoisotopic (exact) mass is 456 g/mol. The summed E-state index contributed by atoms with van der Waals surface area (Å²) < 4.78 is 5.58. The van der Waals surface area contributed by atoms with Crippen LogP contribution in [0, 0.1) is 0 Å². The first-order valence-corrected chi connectivity index (χ1v) is 10.5. The number of benzene rings is 3. The zero-order chi connectivity index (χ0) is 23.7. The number of urea groups is 1. The normalized spacial score (nSPS) is 12.7. The van der Waals surface area contributed by atoms with E-state index in [0.717, 1.165) is 10.9 Å². The van der Waals surface area contributed by atoms with Gasteiger partial charge in [0.25, 0.3) is 5.91 Å². The molecule has 2 heterocycles. The second-order valence-corrected chi connectivity index (χ2v) is 7.77. The van der Waals surface area contributed by atoms with Crippen LogP contribution >= 0.6 is 0 Å². The molecule has 9 heteroatoms. The molecule has 5 rings (SSSR count). The molecule has 4 N–H and O–H groups in total. The van der Waals surface area contributed by atoms with E-state index in [1.54, 1.807) is 36.4 Å². The maximum atomic E-state index is 12.6. The highest BCUT2D eigenvalue weighted by Crippen LogP contribution is 2.36. The first kappa shape index (κ1) is 21.1. The lowest BCUT2D eigenvalue weighted by Gasteiger charge is -2.30. The molecule has 0 bridgehead atoms. The molecule has 0 spiro atoms. The Labute approximate surface area is 194 Å². The van der Waals surface area contributed by atoms with Gasteiger partial charge in [-0.2, -0.15) is 0 Å². The Balaban J connectivity index is 1.33. The van der Waals surface area contributed by atoms with Gasteiger partial charge in [0.2, 0.25) is 0 Å². The molecule has 9 nitrogen and oxygen atoms in total. The number of carboxylic acids is 1. The van der Waals surface area contributed by atoms with Crippen molar-refractivity contribution in [3.05, 3.63) is 84.1 Å². The van der Waals surface area contributed by atoms with Crippen LogP contribution in [0.2, 0.25) is 0 Å². The van der Waals surface area contributed by atoms with Crippen LogP contribution in [0.5, 0.6) is 5.75 Å². The molecule has 1 aliphatic heterocycles. The van der Waals surface area contributed by atoms with Crippen LogP contribution in [0.4, 0.5) is 21.9 Å². The summed E-state index contributed by atoms with van der Waals surface area (Å²) in [5, 5.41) is 16.0. The third kappa shape index (κ3) is 4.14. The molecule has 3 aromatic carbocycles. The summed E-state index contributed by atoms with van der Waals surface area (Å²) in [4.78, 5) is 41.2. The number of nitrogens with one attached hydrogen (secondary N) is 3. The topological polar surface area (TPSA) is 124 Å². The molecule has 0 radical (unpaired) electrons. The predicted octanol–water partition coefficient (Wildman–Crippen LogP) is 4.44. The van der Waals surface area contributed by atoms with Crippen LogP contribution in [-0.4, -0.2) is 34.6 Å². The fourth-order valence-corrected chi connectivity index (χ4v) is 3.91. The number of nitrogens with zero attached hydrogens (tertiary/aromatic N) is 1.